The Labute approximate surface area is 570 Å². The molecule has 0 saturated carbocycles. The smallest absolute Gasteiger partial charge is 0.123 e. The van der Waals surface area contributed by atoms with E-state index in [1.807, 2.05) is 42.5 Å². The standard InChI is InChI=1S/C90H68F2N4S/c1-89(2)80-11-7-5-9-74(80)76-45-31-66(53-82(76)89)61-17-13-59(14-18-61)64-33-48-84-78(51-64)79-52-65(60-15-19-62(20-16-60)67-32-46-77-75-10-6-8-12-81(75)90(3,4)83(77)54-67)34-49-85(79)96(84)72-43-29-63(30-44-72)73-47-50-86(88(94-97)87(73)93)95(70-39-25-57(26-40-70)55-21-35-68(91)36-22-55)71-41-27-58(28-42-71)56-23-37-69(92)38-24-56/h5-23,25-29,31-37,39-43,45-54,93,97H,24,30,38,44H2,1-4H3/b93-87?,94-88-. The molecule has 468 valence electrons. The zero-order valence-corrected chi connectivity index (χ0v) is 55.3. The SMILES string of the molecule is CC1(C)c2ccccc2-c2ccc(-c3ccc(-c4ccc5c(c4)c4cc(-c6ccc(-c7ccc8c(c7)C(C)(C)c7ccccc7-8)cc6)ccc4n5C4=CC=C(C5=CC=C(N(c6ccc(C7=CC=C(F)CC7)cc6)c6ccc(-c7ccc(F)cc7)cc6)/C(=N/S)C5=N)CC4)cc3)cc21. The second-order valence-electron chi connectivity index (χ2n) is 27.4. The lowest BCUT2D eigenvalue weighted by atomic mass is 9.81. The number of fused-ring (bicyclic) bond motifs is 9. The first-order valence-corrected chi connectivity index (χ1v) is 33.9. The summed E-state index contributed by atoms with van der Waals surface area (Å²) in [6.07, 6.45) is 14.4. The Bertz CT molecular complexity index is 5310. The van der Waals surface area contributed by atoms with Gasteiger partial charge >= 0.3 is 0 Å². The van der Waals surface area contributed by atoms with Gasteiger partial charge in [-0.3, -0.25) is 5.41 Å². The Morgan fingerprint density at radius 1 is 0.392 bits per heavy atom. The van der Waals surface area contributed by atoms with E-state index in [-0.39, 0.29) is 28.2 Å². The lowest BCUT2D eigenvalue weighted by molar-refractivity contribution is 0.590. The molecule has 97 heavy (non-hydrogen) atoms. The van der Waals surface area contributed by atoms with Crippen LogP contribution in [0.4, 0.5) is 20.2 Å². The van der Waals surface area contributed by atoms with E-state index in [2.05, 4.69) is 261 Å². The average Bonchev–Trinajstić information content (AvgIpc) is 1.53. The summed E-state index contributed by atoms with van der Waals surface area (Å²) in [7, 11) is 0. The van der Waals surface area contributed by atoms with Crippen molar-refractivity contribution >= 4 is 68.7 Å². The van der Waals surface area contributed by atoms with Crippen LogP contribution in [0, 0.1) is 11.2 Å². The van der Waals surface area contributed by atoms with Gasteiger partial charge < -0.3 is 9.47 Å². The van der Waals surface area contributed by atoms with Crippen molar-refractivity contribution in [2.45, 2.75) is 64.2 Å². The highest BCUT2D eigenvalue weighted by molar-refractivity contribution is 7.79. The summed E-state index contributed by atoms with van der Waals surface area (Å²) >= 11 is 4.59. The molecule has 0 aliphatic heterocycles. The topological polar surface area (TPSA) is 44.4 Å². The summed E-state index contributed by atoms with van der Waals surface area (Å²) in [6.45, 7) is 9.36. The fourth-order valence-corrected chi connectivity index (χ4v) is 16.1. The molecule has 1 aromatic heterocycles. The lowest BCUT2D eigenvalue weighted by Gasteiger charge is -2.31. The van der Waals surface area contributed by atoms with Crippen LogP contribution in [-0.4, -0.2) is 16.0 Å². The predicted molar refractivity (Wildman–Crippen MR) is 405 cm³/mol. The first-order chi connectivity index (χ1) is 47.2. The molecule has 5 aliphatic carbocycles. The minimum atomic E-state index is -0.285. The predicted octanol–water partition coefficient (Wildman–Crippen LogP) is 24.4. The molecule has 1 heterocycles. The van der Waals surface area contributed by atoms with Gasteiger partial charge in [-0.1, -0.05) is 216 Å². The number of rotatable bonds is 11. The molecule has 0 spiro atoms. The van der Waals surface area contributed by atoms with Crippen molar-refractivity contribution < 1.29 is 8.78 Å². The molecular formula is C90H68F2N4S. The number of hydrogen-bond donors (Lipinski definition) is 2. The van der Waals surface area contributed by atoms with E-state index in [1.54, 1.807) is 18.2 Å². The van der Waals surface area contributed by atoms with Gasteiger partial charge in [0.05, 0.1) is 22.4 Å². The summed E-state index contributed by atoms with van der Waals surface area (Å²) in [5.74, 6) is -0.394. The molecule has 7 heteroatoms. The van der Waals surface area contributed by atoms with E-state index >= 15 is 0 Å². The molecule has 5 aliphatic rings. The number of aromatic nitrogens is 1. The maximum absolute atomic E-state index is 14.1. The van der Waals surface area contributed by atoms with Crippen molar-refractivity contribution in [1.29, 1.82) is 5.41 Å². The van der Waals surface area contributed by atoms with Gasteiger partial charge in [0.1, 0.15) is 17.4 Å². The number of thiol groups is 1. The van der Waals surface area contributed by atoms with Gasteiger partial charge in [0.25, 0.3) is 0 Å². The summed E-state index contributed by atoms with van der Waals surface area (Å²) in [5.41, 5.74) is 32.5. The molecule has 0 saturated heterocycles. The third-order valence-corrected chi connectivity index (χ3v) is 21.4. The van der Waals surface area contributed by atoms with Crippen LogP contribution in [-0.2, 0) is 10.8 Å². The van der Waals surface area contributed by atoms with E-state index in [0.29, 0.717) is 30.7 Å². The van der Waals surface area contributed by atoms with Gasteiger partial charge in [-0.15, -0.1) is 0 Å². The van der Waals surface area contributed by atoms with E-state index in [0.717, 1.165) is 84.5 Å². The van der Waals surface area contributed by atoms with Gasteiger partial charge in [-0.2, -0.15) is 0 Å². The van der Waals surface area contributed by atoms with Crippen LogP contribution in [0.1, 0.15) is 81.2 Å². The summed E-state index contributed by atoms with van der Waals surface area (Å²) < 4.78 is 35.1. The highest BCUT2D eigenvalue weighted by Crippen LogP contribution is 2.52. The van der Waals surface area contributed by atoms with Crippen LogP contribution in [0.2, 0.25) is 0 Å². The fraction of sp³-hybridized carbons (Fsp3) is 0.111. The largest absolute Gasteiger partial charge is 0.313 e. The Morgan fingerprint density at radius 3 is 1.28 bits per heavy atom. The first-order valence-electron chi connectivity index (χ1n) is 33.5. The van der Waals surface area contributed by atoms with E-state index in [4.69, 9.17) is 0 Å². The molecule has 0 bridgehead atoms. The highest BCUT2D eigenvalue weighted by atomic mass is 32.1. The Kier molecular flexibility index (Phi) is 14.4. The Morgan fingerprint density at radius 2 is 0.804 bits per heavy atom. The number of anilines is 2. The van der Waals surface area contributed by atoms with Crippen molar-refractivity contribution in [3.63, 3.8) is 0 Å². The number of benzene rings is 11. The molecule has 0 atom stereocenters. The molecule has 0 unspecified atom stereocenters. The number of hydrogen-bond acceptors (Lipinski definition) is 4. The highest BCUT2D eigenvalue weighted by Gasteiger charge is 2.37. The molecule has 4 nitrogen and oxygen atoms in total. The minimum Gasteiger partial charge on any atom is -0.313 e. The summed E-state index contributed by atoms with van der Waals surface area (Å²) in [4.78, 5) is 2.10. The van der Waals surface area contributed by atoms with E-state index < -0.39 is 0 Å². The van der Waals surface area contributed by atoms with Crippen molar-refractivity contribution in [2.75, 3.05) is 4.90 Å². The maximum Gasteiger partial charge on any atom is 0.123 e. The van der Waals surface area contributed by atoms with Crippen LogP contribution in [0.25, 0.3) is 111 Å². The van der Waals surface area contributed by atoms with Crippen LogP contribution in [0.3, 0.4) is 0 Å². The van der Waals surface area contributed by atoms with Crippen molar-refractivity contribution in [1.82, 2.24) is 4.57 Å². The summed E-state index contributed by atoms with van der Waals surface area (Å²) in [6, 6.07) is 86.6. The normalized spacial score (nSPS) is 16.2. The third-order valence-electron chi connectivity index (χ3n) is 21.2. The van der Waals surface area contributed by atoms with Crippen LogP contribution in [0.5, 0.6) is 0 Å². The molecule has 12 aromatic rings. The van der Waals surface area contributed by atoms with Gasteiger partial charge in [0.15, 0.2) is 0 Å². The minimum absolute atomic E-state index is 0.0773. The maximum atomic E-state index is 14.1. The van der Waals surface area contributed by atoms with E-state index in [9.17, 15) is 14.2 Å². The van der Waals surface area contributed by atoms with Gasteiger partial charge in [0.2, 0.25) is 0 Å². The molecule has 0 fully saturated rings. The van der Waals surface area contributed by atoms with Gasteiger partial charge in [-0.05, 0) is 240 Å². The second-order valence-corrected chi connectivity index (χ2v) is 27.6. The fourth-order valence-electron chi connectivity index (χ4n) is 15.9. The molecule has 1 N–H and O–H groups in total. The molecular weight excluding hydrogens is 1210 g/mol. The second kappa shape index (κ2) is 23.4. The van der Waals surface area contributed by atoms with Crippen molar-refractivity contribution in [3.8, 4) is 77.9 Å². The lowest BCUT2D eigenvalue weighted by Crippen LogP contribution is -2.31. The molecule has 17 rings (SSSR count). The van der Waals surface area contributed by atoms with Crippen molar-refractivity contribution in [2.24, 2.45) is 4.40 Å². The first kappa shape index (κ1) is 59.7. The number of nitrogens with zero attached hydrogens (tertiary/aromatic N) is 3. The van der Waals surface area contributed by atoms with E-state index in [1.165, 1.54) is 95.4 Å². The number of halogens is 2. The molecule has 11 aromatic carbocycles. The zero-order chi connectivity index (χ0) is 65.8. The summed E-state index contributed by atoms with van der Waals surface area (Å²) in [5, 5.41) is 12.3. The van der Waals surface area contributed by atoms with Crippen LogP contribution < -0.4 is 4.90 Å². The van der Waals surface area contributed by atoms with Crippen LogP contribution in [0.15, 0.2) is 306 Å². The quantitative estimate of drug-likeness (QED) is 0.0984. The average molecular weight is 1280 g/mol. The monoisotopic (exact) mass is 1270 g/mol. The van der Waals surface area contributed by atoms with Gasteiger partial charge in [-0.25, -0.2) is 13.2 Å². The van der Waals surface area contributed by atoms with Crippen molar-refractivity contribution in [3.05, 3.63) is 335 Å². The Balaban J connectivity index is 0.721. The molecule has 0 radical (unpaired) electrons. The van der Waals surface area contributed by atoms with Crippen LogP contribution >= 0.6 is 12.8 Å². The zero-order valence-electron chi connectivity index (χ0n) is 54.4. The molecule has 0 amide bonds. The number of nitrogens with one attached hydrogen (secondary N) is 1. The van der Waals surface area contributed by atoms with Gasteiger partial charge in [0, 0.05) is 50.7 Å². The number of allylic oxidation sites excluding steroid dienone is 12. The Hall–Kier alpha value is -11.0. The third kappa shape index (κ3) is 10.2.